The van der Waals surface area contributed by atoms with E-state index in [1.807, 2.05) is 18.2 Å². The molecule has 0 N–H and O–H groups in total. The highest BCUT2D eigenvalue weighted by Gasteiger charge is 1.97. The van der Waals surface area contributed by atoms with Crippen LogP contribution in [0.4, 0.5) is 0 Å². The first-order valence-electron chi connectivity index (χ1n) is 6.14. The second kappa shape index (κ2) is 8.61. The molecular formula is C16H20O. The van der Waals surface area contributed by atoms with Gasteiger partial charge in [-0.3, -0.25) is 0 Å². The van der Waals surface area contributed by atoms with E-state index in [9.17, 15) is 0 Å². The van der Waals surface area contributed by atoms with Gasteiger partial charge in [0.1, 0.15) is 0 Å². The summed E-state index contributed by atoms with van der Waals surface area (Å²) in [6.07, 6.45) is 5.09. The van der Waals surface area contributed by atoms with Gasteiger partial charge in [-0.25, -0.2) is 0 Å². The van der Waals surface area contributed by atoms with Gasteiger partial charge in [-0.2, -0.15) is 0 Å². The third-order valence-electron chi connectivity index (χ3n) is 2.39. The van der Waals surface area contributed by atoms with Gasteiger partial charge in [-0.15, -0.1) is 6.58 Å². The Bertz CT molecular complexity index is 395. The van der Waals surface area contributed by atoms with Gasteiger partial charge in [-0.1, -0.05) is 49.5 Å². The molecule has 0 radical (unpaired) electrons. The van der Waals surface area contributed by atoms with E-state index in [2.05, 4.69) is 31.4 Å². The van der Waals surface area contributed by atoms with Crippen molar-refractivity contribution < 1.29 is 4.74 Å². The van der Waals surface area contributed by atoms with Crippen molar-refractivity contribution in [2.45, 2.75) is 32.8 Å². The molecule has 0 bridgehead atoms. The molecule has 0 saturated heterocycles. The van der Waals surface area contributed by atoms with Gasteiger partial charge in [0.15, 0.2) is 0 Å². The molecule has 1 rings (SSSR count). The number of hydrogen-bond donors (Lipinski definition) is 0. The molecular weight excluding hydrogens is 208 g/mol. The van der Waals surface area contributed by atoms with Crippen LogP contribution < -0.4 is 0 Å². The zero-order valence-electron chi connectivity index (χ0n) is 10.5. The molecule has 1 heteroatoms. The van der Waals surface area contributed by atoms with Gasteiger partial charge in [0.05, 0.1) is 13.2 Å². The van der Waals surface area contributed by atoms with Gasteiger partial charge in [0.25, 0.3) is 0 Å². The molecule has 0 aliphatic rings. The number of unbranched alkanes of at least 4 members (excludes halogenated alkanes) is 2. The second-order valence-corrected chi connectivity index (χ2v) is 3.87. The highest BCUT2D eigenvalue weighted by atomic mass is 16.5. The zero-order chi connectivity index (χ0) is 12.3. The monoisotopic (exact) mass is 228 g/mol. The molecule has 0 atom stereocenters. The molecule has 90 valence electrons. The summed E-state index contributed by atoms with van der Waals surface area (Å²) >= 11 is 0. The van der Waals surface area contributed by atoms with Crippen molar-refractivity contribution in [2.75, 3.05) is 6.61 Å². The van der Waals surface area contributed by atoms with E-state index in [1.165, 1.54) is 12.8 Å². The smallest absolute Gasteiger partial charge is 0.0733 e. The van der Waals surface area contributed by atoms with E-state index in [1.54, 1.807) is 6.08 Å². The maximum Gasteiger partial charge on any atom is 0.0733 e. The van der Waals surface area contributed by atoms with E-state index >= 15 is 0 Å². The van der Waals surface area contributed by atoms with Crippen LogP contribution in [-0.2, 0) is 11.3 Å². The molecule has 0 aromatic heterocycles. The highest BCUT2D eigenvalue weighted by Crippen LogP contribution is 2.09. The Labute approximate surface area is 105 Å². The lowest BCUT2D eigenvalue weighted by Crippen LogP contribution is -1.95. The summed E-state index contributed by atoms with van der Waals surface area (Å²) in [5.41, 5.74) is 2.23. The summed E-state index contributed by atoms with van der Waals surface area (Å²) in [6, 6.07) is 8.14. The van der Waals surface area contributed by atoms with Gasteiger partial charge in [-0.05, 0) is 18.1 Å². The van der Waals surface area contributed by atoms with Crippen molar-refractivity contribution in [1.82, 2.24) is 0 Å². The van der Waals surface area contributed by atoms with Crippen LogP contribution >= 0.6 is 0 Å². The Morgan fingerprint density at radius 3 is 2.94 bits per heavy atom. The fourth-order valence-electron chi connectivity index (χ4n) is 1.44. The molecule has 0 aliphatic carbocycles. The van der Waals surface area contributed by atoms with E-state index < -0.39 is 0 Å². The first kappa shape index (κ1) is 13.5. The van der Waals surface area contributed by atoms with Crippen LogP contribution in [0.1, 0.15) is 37.3 Å². The Morgan fingerprint density at radius 1 is 1.35 bits per heavy atom. The van der Waals surface area contributed by atoms with Gasteiger partial charge >= 0.3 is 0 Å². The molecule has 0 saturated carbocycles. The van der Waals surface area contributed by atoms with Crippen molar-refractivity contribution in [3.05, 3.63) is 48.0 Å². The van der Waals surface area contributed by atoms with Crippen molar-refractivity contribution in [1.29, 1.82) is 0 Å². The summed E-state index contributed by atoms with van der Waals surface area (Å²) in [5.74, 6) is 6.43. The SMILES string of the molecule is C=CCOCc1ccccc1C#CCCCC. The average molecular weight is 228 g/mol. The highest BCUT2D eigenvalue weighted by molar-refractivity contribution is 5.40. The fraction of sp³-hybridized carbons (Fsp3) is 0.375. The normalized spacial score (nSPS) is 9.47. The van der Waals surface area contributed by atoms with Crippen LogP contribution in [0.3, 0.4) is 0 Å². The van der Waals surface area contributed by atoms with Crippen LogP contribution in [0.25, 0.3) is 0 Å². The lowest BCUT2D eigenvalue weighted by atomic mass is 10.1. The van der Waals surface area contributed by atoms with Gasteiger partial charge in [0.2, 0.25) is 0 Å². The zero-order valence-corrected chi connectivity index (χ0v) is 10.5. The van der Waals surface area contributed by atoms with Crippen LogP contribution in [0.2, 0.25) is 0 Å². The molecule has 17 heavy (non-hydrogen) atoms. The lowest BCUT2D eigenvalue weighted by molar-refractivity contribution is 0.148. The van der Waals surface area contributed by atoms with E-state index in [0.717, 1.165) is 17.5 Å². The fourth-order valence-corrected chi connectivity index (χ4v) is 1.44. The van der Waals surface area contributed by atoms with Crippen LogP contribution in [0.15, 0.2) is 36.9 Å². The van der Waals surface area contributed by atoms with E-state index in [-0.39, 0.29) is 0 Å². The Kier molecular flexibility index (Phi) is 6.86. The minimum Gasteiger partial charge on any atom is -0.373 e. The predicted molar refractivity (Wildman–Crippen MR) is 72.7 cm³/mol. The molecule has 1 nitrogen and oxygen atoms in total. The third kappa shape index (κ3) is 5.38. The standard InChI is InChI=1S/C16H20O/c1-3-5-6-7-10-15-11-8-9-12-16(15)14-17-13-4-2/h4,8-9,11-12H,2-3,5-6,13-14H2,1H3. The molecule has 0 amide bonds. The van der Waals surface area contributed by atoms with Crippen LogP contribution in [0.5, 0.6) is 0 Å². The first-order valence-corrected chi connectivity index (χ1v) is 6.14. The molecule has 0 unspecified atom stereocenters. The summed E-state index contributed by atoms with van der Waals surface area (Å²) < 4.78 is 5.45. The molecule has 0 fully saturated rings. The Balaban J connectivity index is 2.62. The molecule has 0 heterocycles. The molecule has 0 aliphatic heterocycles. The van der Waals surface area contributed by atoms with Crippen LogP contribution in [-0.4, -0.2) is 6.61 Å². The number of hydrogen-bond acceptors (Lipinski definition) is 1. The maximum absolute atomic E-state index is 5.45. The Hall–Kier alpha value is -1.52. The summed E-state index contributed by atoms with van der Waals surface area (Å²) in [5, 5.41) is 0. The summed E-state index contributed by atoms with van der Waals surface area (Å²) in [4.78, 5) is 0. The van der Waals surface area contributed by atoms with Gasteiger partial charge in [0, 0.05) is 12.0 Å². The van der Waals surface area contributed by atoms with E-state index in [0.29, 0.717) is 13.2 Å². The first-order chi connectivity index (χ1) is 8.38. The van der Waals surface area contributed by atoms with Crippen molar-refractivity contribution in [3.8, 4) is 11.8 Å². The minimum atomic E-state index is 0.581. The van der Waals surface area contributed by atoms with Crippen molar-refractivity contribution in [3.63, 3.8) is 0 Å². The largest absolute Gasteiger partial charge is 0.373 e. The quantitative estimate of drug-likeness (QED) is 0.407. The number of rotatable bonds is 6. The number of benzene rings is 1. The molecule has 1 aromatic rings. The van der Waals surface area contributed by atoms with Crippen LogP contribution in [0, 0.1) is 11.8 Å². The topological polar surface area (TPSA) is 9.23 Å². The molecule has 1 aromatic carbocycles. The third-order valence-corrected chi connectivity index (χ3v) is 2.39. The lowest BCUT2D eigenvalue weighted by Gasteiger charge is -2.04. The Morgan fingerprint density at radius 2 is 2.18 bits per heavy atom. The van der Waals surface area contributed by atoms with Crippen molar-refractivity contribution >= 4 is 0 Å². The molecule has 0 spiro atoms. The second-order valence-electron chi connectivity index (χ2n) is 3.87. The van der Waals surface area contributed by atoms with Crippen molar-refractivity contribution in [2.24, 2.45) is 0 Å². The van der Waals surface area contributed by atoms with Gasteiger partial charge < -0.3 is 4.74 Å². The average Bonchev–Trinajstić information content (AvgIpc) is 2.36. The maximum atomic E-state index is 5.45. The predicted octanol–water partition coefficient (Wildman–Crippen LogP) is 3.93. The summed E-state index contributed by atoms with van der Waals surface area (Å²) in [6.45, 7) is 6.99. The summed E-state index contributed by atoms with van der Waals surface area (Å²) in [7, 11) is 0. The number of ether oxygens (including phenoxy) is 1. The minimum absolute atomic E-state index is 0.581. The van der Waals surface area contributed by atoms with E-state index in [4.69, 9.17) is 4.74 Å².